The number of para-hydroxylation sites is 1. The number of hydrogen-bond donors (Lipinski definition) is 1. The van der Waals surface area contributed by atoms with Crippen molar-refractivity contribution < 1.29 is 9.28 Å². The summed E-state index contributed by atoms with van der Waals surface area (Å²) in [5.41, 5.74) is 5.87. The number of nitrogens with one attached hydrogen (secondary N) is 1. The van der Waals surface area contributed by atoms with Gasteiger partial charge in [0.15, 0.2) is 6.54 Å². The number of hydrogen-bond acceptors (Lipinski definition) is 1. The summed E-state index contributed by atoms with van der Waals surface area (Å²) in [6.07, 6.45) is 1.12. The summed E-state index contributed by atoms with van der Waals surface area (Å²) < 4.78 is 0.806. The molecule has 0 spiro atoms. The highest BCUT2D eigenvalue weighted by molar-refractivity contribution is 5.93. The van der Waals surface area contributed by atoms with Gasteiger partial charge in [-0.2, -0.15) is 0 Å². The Morgan fingerprint density at radius 1 is 0.900 bits per heavy atom. The van der Waals surface area contributed by atoms with E-state index in [1.807, 2.05) is 6.07 Å². The van der Waals surface area contributed by atoms with Crippen molar-refractivity contribution in [2.45, 2.75) is 32.7 Å². The Labute approximate surface area is 180 Å². The second-order valence-corrected chi connectivity index (χ2v) is 8.76. The van der Waals surface area contributed by atoms with Gasteiger partial charge in [-0.3, -0.25) is 4.79 Å². The van der Waals surface area contributed by atoms with Crippen LogP contribution in [0.5, 0.6) is 0 Å². The maximum Gasteiger partial charge on any atom is 0.279 e. The third-order valence-electron chi connectivity index (χ3n) is 6.42. The molecule has 0 saturated carbocycles. The van der Waals surface area contributed by atoms with Crippen molar-refractivity contribution >= 4 is 11.6 Å². The van der Waals surface area contributed by atoms with E-state index in [-0.39, 0.29) is 5.91 Å². The minimum Gasteiger partial charge on any atom is -0.321 e. The van der Waals surface area contributed by atoms with Gasteiger partial charge < -0.3 is 9.80 Å². The molecular weight excluding hydrogens is 368 g/mol. The second-order valence-electron chi connectivity index (χ2n) is 8.76. The summed E-state index contributed by atoms with van der Waals surface area (Å²) in [7, 11) is 0. The highest BCUT2D eigenvalue weighted by Crippen LogP contribution is 2.34. The van der Waals surface area contributed by atoms with E-state index in [0.717, 1.165) is 47.4 Å². The summed E-state index contributed by atoms with van der Waals surface area (Å²) in [4.78, 5) is 13.2. The molecule has 3 aromatic rings. The largest absolute Gasteiger partial charge is 0.321 e. The van der Waals surface area contributed by atoms with Gasteiger partial charge in [-0.1, -0.05) is 78.9 Å². The van der Waals surface area contributed by atoms with Crippen LogP contribution in [0.4, 0.5) is 5.69 Å². The van der Waals surface area contributed by atoms with Crippen LogP contribution in [0.3, 0.4) is 0 Å². The topological polar surface area (TPSA) is 29.1 Å². The van der Waals surface area contributed by atoms with Crippen LogP contribution in [0.25, 0.3) is 0 Å². The maximum atomic E-state index is 13.2. The van der Waals surface area contributed by atoms with Crippen molar-refractivity contribution in [1.82, 2.24) is 0 Å². The molecule has 0 aromatic heterocycles. The van der Waals surface area contributed by atoms with E-state index in [2.05, 4.69) is 92.0 Å². The normalized spacial score (nSPS) is 20.8. The second kappa shape index (κ2) is 8.85. The molecule has 2 atom stereocenters. The average molecular weight is 400 g/mol. The van der Waals surface area contributed by atoms with E-state index < -0.39 is 0 Å². The van der Waals surface area contributed by atoms with E-state index in [1.165, 1.54) is 11.1 Å². The molecule has 1 heterocycles. The number of nitrogens with zero attached hydrogens (tertiary/aromatic N) is 1. The van der Waals surface area contributed by atoms with Gasteiger partial charge >= 0.3 is 0 Å². The lowest BCUT2D eigenvalue weighted by Gasteiger charge is -2.34. The molecule has 1 aliphatic rings. The van der Waals surface area contributed by atoms with Crippen molar-refractivity contribution in [3.05, 3.63) is 101 Å². The lowest BCUT2D eigenvalue weighted by molar-refractivity contribution is -0.922. The summed E-state index contributed by atoms with van der Waals surface area (Å²) in [6, 6.07) is 27.5. The van der Waals surface area contributed by atoms with E-state index in [4.69, 9.17) is 0 Å². The number of benzene rings is 3. The summed E-state index contributed by atoms with van der Waals surface area (Å²) in [5, 5.41) is 3.22. The SMILES string of the molecule is Cc1cccc(C)c1NC(=O)C[N+]1(Cc2ccccc2)CCC(c2ccccc2)C1. The van der Waals surface area contributed by atoms with Crippen molar-refractivity contribution in [3.63, 3.8) is 0 Å². The van der Waals surface area contributed by atoms with Crippen molar-refractivity contribution in [3.8, 4) is 0 Å². The molecule has 1 fully saturated rings. The average Bonchev–Trinajstić information content (AvgIpc) is 3.15. The third-order valence-corrected chi connectivity index (χ3v) is 6.42. The fourth-order valence-electron chi connectivity index (χ4n) is 4.89. The van der Waals surface area contributed by atoms with Crippen molar-refractivity contribution in [2.75, 3.05) is 25.0 Å². The molecule has 1 saturated heterocycles. The minimum absolute atomic E-state index is 0.108. The van der Waals surface area contributed by atoms with E-state index in [1.54, 1.807) is 0 Å². The molecule has 3 aromatic carbocycles. The fourth-order valence-corrected chi connectivity index (χ4v) is 4.89. The van der Waals surface area contributed by atoms with Crippen LogP contribution in [0.15, 0.2) is 78.9 Å². The number of likely N-dealkylation sites (tertiary alicyclic amines) is 1. The molecule has 30 heavy (non-hydrogen) atoms. The fraction of sp³-hybridized carbons (Fsp3) is 0.296. The smallest absolute Gasteiger partial charge is 0.279 e. The van der Waals surface area contributed by atoms with Crippen LogP contribution in [-0.2, 0) is 11.3 Å². The number of anilines is 1. The van der Waals surface area contributed by atoms with Gasteiger partial charge in [0.2, 0.25) is 0 Å². The lowest BCUT2D eigenvalue weighted by Crippen LogP contribution is -2.50. The Morgan fingerprint density at radius 2 is 1.53 bits per heavy atom. The molecule has 3 nitrogen and oxygen atoms in total. The Kier molecular flexibility index (Phi) is 6.01. The monoisotopic (exact) mass is 399 g/mol. The molecular formula is C27H31N2O+. The zero-order chi connectivity index (χ0) is 21.0. The predicted octanol–water partition coefficient (Wildman–Crippen LogP) is 5.45. The van der Waals surface area contributed by atoms with Gasteiger partial charge in [-0.15, -0.1) is 0 Å². The van der Waals surface area contributed by atoms with Gasteiger partial charge in [0.25, 0.3) is 5.91 Å². The molecule has 4 rings (SSSR count). The Bertz CT molecular complexity index is 980. The first-order chi connectivity index (χ1) is 14.5. The molecule has 2 unspecified atom stereocenters. The number of rotatable bonds is 6. The molecule has 1 aliphatic heterocycles. The Balaban J connectivity index is 1.56. The zero-order valence-electron chi connectivity index (χ0n) is 18.0. The minimum atomic E-state index is 0.108. The quantitative estimate of drug-likeness (QED) is 0.549. The van der Waals surface area contributed by atoms with E-state index in [9.17, 15) is 4.79 Å². The van der Waals surface area contributed by atoms with Gasteiger partial charge in [0.1, 0.15) is 6.54 Å². The number of carbonyl (C=O) groups is 1. The lowest BCUT2D eigenvalue weighted by atomic mass is 9.98. The molecule has 154 valence electrons. The number of aryl methyl sites for hydroxylation is 2. The first-order valence-electron chi connectivity index (χ1n) is 10.8. The first kappa shape index (κ1) is 20.4. The third kappa shape index (κ3) is 4.63. The van der Waals surface area contributed by atoms with E-state index in [0.29, 0.717) is 12.5 Å². The standard InChI is InChI=1S/C27H30N2O/c1-21-10-9-11-22(2)27(21)28-26(30)20-29(18-23-12-5-3-6-13-23)17-16-25(19-29)24-14-7-4-8-15-24/h3-15,25H,16-20H2,1-2H3/p+1. The summed E-state index contributed by atoms with van der Waals surface area (Å²) >= 11 is 0. The van der Waals surface area contributed by atoms with Crippen LogP contribution in [-0.4, -0.2) is 30.0 Å². The van der Waals surface area contributed by atoms with Gasteiger partial charge in [-0.05, 0) is 30.5 Å². The predicted molar refractivity (Wildman–Crippen MR) is 123 cm³/mol. The number of amides is 1. The van der Waals surface area contributed by atoms with Gasteiger partial charge in [0.05, 0.1) is 13.1 Å². The van der Waals surface area contributed by atoms with Gasteiger partial charge in [-0.25, -0.2) is 0 Å². The summed E-state index contributed by atoms with van der Waals surface area (Å²) in [6.45, 7) is 7.53. The zero-order valence-corrected chi connectivity index (χ0v) is 18.0. The highest BCUT2D eigenvalue weighted by atomic mass is 16.2. The van der Waals surface area contributed by atoms with Crippen molar-refractivity contribution in [2.24, 2.45) is 0 Å². The van der Waals surface area contributed by atoms with Crippen LogP contribution < -0.4 is 5.32 Å². The van der Waals surface area contributed by atoms with Crippen LogP contribution in [0.2, 0.25) is 0 Å². The number of carbonyl (C=O) groups excluding carboxylic acids is 1. The summed E-state index contributed by atoms with van der Waals surface area (Å²) in [5.74, 6) is 0.611. The molecule has 3 heteroatoms. The van der Waals surface area contributed by atoms with Crippen LogP contribution in [0.1, 0.15) is 34.6 Å². The molecule has 1 N–H and O–H groups in total. The Hall–Kier alpha value is -2.91. The molecule has 1 amide bonds. The Morgan fingerprint density at radius 3 is 2.20 bits per heavy atom. The van der Waals surface area contributed by atoms with Gasteiger partial charge in [0, 0.05) is 23.6 Å². The molecule has 0 bridgehead atoms. The number of quaternary nitrogens is 1. The maximum absolute atomic E-state index is 13.2. The highest BCUT2D eigenvalue weighted by Gasteiger charge is 2.40. The van der Waals surface area contributed by atoms with Crippen LogP contribution in [0, 0.1) is 13.8 Å². The van der Waals surface area contributed by atoms with Crippen LogP contribution >= 0.6 is 0 Å². The van der Waals surface area contributed by atoms with E-state index >= 15 is 0 Å². The molecule has 0 radical (unpaired) electrons. The first-order valence-corrected chi connectivity index (χ1v) is 10.8. The van der Waals surface area contributed by atoms with Crippen molar-refractivity contribution in [1.29, 1.82) is 0 Å². The molecule has 0 aliphatic carbocycles.